The lowest BCUT2D eigenvalue weighted by Crippen LogP contribution is -2.37. The van der Waals surface area contributed by atoms with E-state index in [1.54, 1.807) is 31.2 Å². The summed E-state index contributed by atoms with van der Waals surface area (Å²) in [6.07, 6.45) is 0.253. The largest absolute Gasteiger partial charge is 0.354 e. The smallest absolute Gasteiger partial charge is 0.224 e. The Balaban J connectivity index is 2.60. The van der Waals surface area contributed by atoms with Crippen LogP contribution in [0, 0.1) is 0 Å². The Kier molecular flexibility index (Phi) is 6.16. The van der Waals surface area contributed by atoms with E-state index in [9.17, 15) is 13.2 Å². The van der Waals surface area contributed by atoms with Gasteiger partial charge in [-0.25, -0.2) is 8.42 Å². The van der Waals surface area contributed by atoms with Crippen LogP contribution in [0.4, 0.5) is 0 Å². The van der Waals surface area contributed by atoms with Crippen LogP contribution >= 0.6 is 0 Å². The molecule has 0 fully saturated rings. The summed E-state index contributed by atoms with van der Waals surface area (Å²) in [6, 6.07) is 6.69. The Morgan fingerprint density at radius 3 is 2.35 bits per heavy atom. The summed E-state index contributed by atoms with van der Waals surface area (Å²) in [4.78, 5) is 12.0. The highest BCUT2D eigenvalue weighted by atomic mass is 32.2. The maximum Gasteiger partial charge on any atom is 0.224 e. The van der Waals surface area contributed by atoms with Crippen LogP contribution in [-0.2, 0) is 21.1 Å². The summed E-state index contributed by atoms with van der Waals surface area (Å²) < 4.78 is 23.3. The van der Waals surface area contributed by atoms with Crippen molar-refractivity contribution in [2.75, 3.05) is 19.3 Å². The molecule has 2 N–H and O–H groups in total. The number of nitrogens with one attached hydrogen (secondary N) is 2. The lowest BCUT2D eigenvalue weighted by atomic mass is 10.1. The Morgan fingerprint density at radius 1 is 1.25 bits per heavy atom. The predicted molar refractivity (Wildman–Crippen MR) is 79.4 cm³/mol. The first-order valence-electron chi connectivity index (χ1n) is 6.64. The highest BCUT2D eigenvalue weighted by Crippen LogP contribution is 2.12. The number of sulfone groups is 1. The molecular formula is C14H22N2O3S. The van der Waals surface area contributed by atoms with Crippen molar-refractivity contribution in [1.29, 1.82) is 0 Å². The second-order valence-corrected chi connectivity index (χ2v) is 7.00. The van der Waals surface area contributed by atoms with Gasteiger partial charge in [-0.05, 0) is 31.7 Å². The van der Waals surface area contributed by atoms with Crippen LogP contribution in [0.2, 0.25) is 0 Å². The third-order valence-electron chi connectivity index (χ3n) is 3.13. The monoisotopic (exact) mass is 298 g/mol. The second kappa shape index (κ2) is 7.40. The summed E-state index contributed by atoms with van der Waals surface area (Å²) in [6.45, 7) is 4.15. The number of amides is 1. The van der Waals surface area contributed by atoms with Crippen molar-refractivity contribution in [3.05, 3.63) is 29.8 Å². The van der Waals surface area contributed by atoms with Gasteiger partial charge in [0.05, 0.1) is 17.1 Å². The van der Waals surface area contributed by atoms with Crippen molar-refractivity contribution < 1.29 is 13.2 Å². The molecule has 6 heteroatoms. The Labute approximate surface area is 120 Å². The number of carbonyl (C=O) groups excluding carboxylic acids is 1. The quantitative estimate of drug-likeness (QED) is 0.779. The molecule has 0 bridgehead atoms. The highest BCUT2D eigenvalue weighted by Gasteiger charge is 2.11. The molecule has 1 unspecified atom stereocenters. The average Bonchev–Trinajstić information content (AvgIpc) is 2.45. The van der Waals surface area contributed by atoms with Crippen molar-refractivity contribution in [3.8, 4) is 0 Å². The normalized spacial score (nSPS) is 12.9. The number of hydrogen-bond acceptors (Lipinski definition) is 4. The fourth-order valence-electron chi connectivity index (χ4n) is 1.60. The van der Waals surface area contributed by atoms with E-state index < -0.39 is 9.84 Å². The molecule has 1 atom stereocenters. The maximum atomic E-state index is 11.7. The molecule has 0 radical (unpaired) electrons. The van der Waals surface area contributed by atoms with Crippen LogP contribution in [0.15, 0.2) is 29.2 Å². The summed E-state index contributed by atoms with van der Waals surface area (Å²) in [5.41, 5.74) is 0.801. The van der Waals surface area contributed by atoms with Gasteiger partial charge in [-0.3, -0.25) is 4.79 Å². The number of likely N-dealkylation sites (N-methyl/N-ethyl adjacent to an activating group) is 1. The molecule has 1 rings (SSSR count). The number of benzene rings is 1. The van der Waals surface area contributed by atoms with Crippen LogP contribution in [0.5, 0.6) is 0 Å². The van der Waals surface area contributed by atoms with Crippen molar-refractivity contribution in [2.24, 2.45) is 0 Å². The molecule has 112 valence electrons. The van der Waals surface area contributed by atoms with Gasteiger partial charge in [0.1, 0.15) is 0 Å². The van der Waals surface area contributed by atoms with E-state index in [0.29, 0.717) is 11.4 Å². The van der Waals surface area contributed by atoms with E-state index >= 15 is 0 Å². The van der Waals surface area contributed by atoms with Gasteiger partial charge in [0, 0.05) is 12.6 Å². The molecule has 0 saturated heterocycles. The lowest BCUT2D eigenvalue weighted by molar-refractivity contribution is -0.120. The summed E-state index contributed by atoms with van der Waals surface area (Å²) >= 11 is 0. The highest BCUT2D eigenvalue weighted by molar-refractivity contribution is 7.91. The average molecular weight is 298 g/mol. The molecule has 0 aliphatic rings. The second-order valence-electron chi connectivity index (χ2n) is 4.72. The lowest BCUT2D eigenvalue weighted by Gasteiger charge is -2.11. The van der Waals surface area contributed by atoms with Gasteiger partial charge in [0.25, 0.3) is 0 Å². The van der Waals surface area contributed by atoms with Crippen LogP contribution in [0.25, 0.3) is 0 Å². The molecule has 1 aromatic carbocycles. The van der Waals surface area contributed by atoms with Crippen molar-refractivity contribution >= 4 is 15.7 Å². The van der Waals surface area contributed by atoms with Gasteiger partial charge < -0.3 is 10.6 Å². The topological polar surface area (TPSA) is 75.3 Å². The summed E-state index contributed by atoms with van der Waals surface area (Å²) in [7, 11) is -1.34. The number of rotatable bonds is 7. The Morgan fingerprint density at radius 2 is 1.85 bits per heavy atom. The molecule has 0 aliphatic carbocycles. The molecule has 0 aromatic heterocycles. The molecule has 5 nitrogen and oxygen atoms in total. The minimum Gasteiger partial charge on any atom is -0.354 e. The number of carbonyl (C=O) groups is 1. The third kappa shape index (κ3) is 4.94. The van der Waals surface area contributed by atoms with Crippen molar-refractivity contribution in [3.63, 3.8) is 0 Å². The van der Waals surface area contributed by atoms with Crippen LogP contribution in [-0.4, -0.2) is 39.7 Å². The molecule has 0 heterocycles. The van der Waals surface area contributed by atoms with E-state index in [1.165, 1.54) is 0 Å². The van der Waals surface area contributed by atoms with Gasteiger partial charge in [0.15, 0.2) is 9.84 Å². The van der Waals surface area contributed by atoms with E-state index in [2.05, 4.69) is 10.6 Å². The fraction of sp³-hybridized carbons (Fsp3) is 0.500. The SMILES string of the molecule is CCS(=O)(=O)c1ccc(CC(=O)NCC(C)NC)cc1. The Hall–Kier alpha value is -1.40. The standard InChI is InChI=1S/C14H22N2O3S/c1-4-20(18,19)13-7-5-12(6-8-13)9-14(17)16-10-11(2)15-3/h5-8,11,15H,4,9-10H2,1-3H3,(H,16,17). The maximum absolute atomic E-state index is 11.7. The third-order valence-corrected chi connectivity index (χ3v) is 4.88. The van der Waals surface area contributed by atoms with Gasteiger partial charge in [-0.2, -0.15) is 0 Å². The first kappa shape index (κ1) is 16.7. The zero-order chi connectivity index (χ0) is 15.2. The first-order chi connectivity index (χ1) is 9.39. The fourth-order valence-corrected chi connectivity index (χ4v) is 2.48. The minimum absolute atomic E-state index is 0.0711. The van der Waals surface area contributed by atoms with Gasteiger partial charge >= 0.3 is 0 Å². The molecular weight excluding hydrogens is 276 g/mol. The van der Waals surface area contributed by atoms with Crippen LogP contribution in [0.3, 0.4) is 0 Å². The summed E-state index contributed by atoms with van der Waals surface area (Å²) in [5, 5.41) is 5.85. The van der Waals surface area contributed by atoms with Gasteiger partial charge in [-0.1, -0.05) is 19.1 Å². The van der Waals surface area contributed by atoms with E-state index in [4.69, 9.17) is 0 Å². The molecule has 1 aromatic rings. The van der Waals surface area contributed by atoms with Crippen LogP contribution in [0.1, 0.15) is 19.4 Å². The predicted octanol–water partition coefficient (Wildman–Crippen LogP) is 0.747. The zero-order valence-corrected chi connectivity index (χ0v) is 13.0. The molecule has 0 spiro atoms. The summed E-state index contributed by atoms with van der Waals surface area (Å²) in [5.74, 6) is 0.00700. The van der Waals surface area contributed by atoms with Gasteiger partial charge in [0.2, 0.25) is 5.91 Å². The van der Waals surface area contributed by atoms with E-state index in [0.717, 1.165) is 5.56 Å². The van der Waals surface area contributed by atoms with Crippen molar-refractivity contribution in [2.45, 2.75) is 31.2 Å². The molecule has 20 heavy (non-hydrogen) atoms. The first-order valence-corrected chi connectivity index (χ1v) is 8.30. The van der Waals surface area contributed by atoms with Crippen molar-refractivity contribution in [1.82, 2.24) is 10.6 Å². The number of hydrogen-bond donors (Lipinski definition) is 2. The Bertz CT molecular complexity index is 538. The van der Waals surface area contributed by atoms with Crippen LogP contribution < -0.4 is 10.6 Å². The van der Waals surface area contributed by atoms with E-state index in [-0.39, 0.29) is 24.1 Å². The molecule has 0 aliphatic heterocycles. The minimum atomic E-state index is -3.18. The van der Waals surface area contributed by atoms with Gasteiger partial charge in [-0.15, -0.1) is 0 Å². The molecule has 1 amide bonds. The molecule has 0 saturated carbocycles. The van der Waals surface area contributed by atoms with E-state index in [1.807, 2.05) is 14.0 Å². The zero-order valence-electron chi connectivity index (χ0n) is 12.1.